The van der Waals surface area contributed by atoms with Crippen LogP contribution in [-0.4, -0.2) is 42.1 Å². The topological polar surface area (TPSA) is 79.7 Å². The smallest absolute Gasteiger partial charge is 0.333 e. The molecule has 3 heterocycles. The Bertz CT molecular complexity index is 1420. The zero-order chi connectivity index (χ0) is 24.1. The van der Waals surface area contributed by atoms with Crippen LogP contribution in [0.15, 0.2) is 81.5 Å². The SMILES string of the molecule is C=C/C=C(\C(=C)Cl)c1cc2[nH]c(=O)n(/C=C/N=Cc3ccc(N4CCOCC4)cc3)c(=O)c2s1. The molecule has 1 saturated heterocycles. The highest BCUT2D eigenvalue weighted by atomic mass is 35.5. The zero-order valence-corrected chi connectivity index (χ0v) is 19.9. The summed E-state index contributed by atoms with van der Waals surface area (Å²) < 4.78 is 6.78. The number of nitrogens with zero attached hydrogens (tertiary/aromatic N) is 3. The van der Waals surface area contributed by atoms with Crippen LogP contribution in [-0.2, 0) is 4.74 Å². The highest BCUT2D eigenvalue weighted by molar-refractivity contribution is 7.20. The van der Waals surface area contributed by atoms with Gasteiger partial charge in [0.1, 0.15) is 4.70 Å². The minimum absolute atomic E-state index is 0.321. The van der Waals surface area contributed by atoms with Crippen molar-refractivity contribution in [1.82, 2.24) is 9.55 Å². The van der Waals surface area contributed by atoms with Crippen molar-refractivity contribution in [3.05, 3.63) is 98.2 Å². The number of hydrogen-bond acceptors (Lipinski definition) is 6. The monoisotopic (exact) mass is 494 g/mol. The van der Waals surface area contributed by atoms with Crippen LogP contribution < -0.4 is 16.1 Å². The van der Waals surface area contributed by atoms with Crippen LogP contribution >= 0.6 is 22.9 Å². The third kappa shape index (κ3) is 5.20. The number of morpholine rings is 1. The van der Waals surface area contributed by atoms with Crippen molar-refractivity contribution in [3.63, 3.8) is 0 Å². The quantitative estimate of drug-likeness (QED) is 0.388. The number of allylic oxidation sites excluding steroid dienone is 4. The maximum Gasteiger partial charge on any atom is 0.333 e. The molecule has 174 valence electrons. The summed E-state index contributed by atoms with van der Waals surface area (Å²) in [5.41, 5.74) is 2.14. The fraction of sp³-hybridized carbons (Fsp3) is 0.160. The molecule has 0 spiro atoms. The van der Waals surface area contributed by atoms with Crippen molar-refractivity contribution in [2.24, 2.45) is 4.99 Å². The van der Waals surface area contributed by atoms with Gasteiger partial charge in [-0.25, -0.2) is 9.36 Å². The summed E-state index contributed by atoms with van der Waals surface area (Å²) >= 11 is 7.30. The molecule has 0 atom stereocenters. The van der Waals surface area contributed by atoms with Crippen LogP contribution in [0.4, 0.5) is 5.69 Å². The van der Waals surface area contributed by atoms with E-state index < -0.39 is 11.2 Å². The van der Waals surface area contributed by atoms with Crippen molar-refractivity contribution >= 4 is 56.8 Å². The summed E-state index contributed by atoms with van der Waals surface area (Å²) in [6.45, 7) is 10.6. The van der Waals surface area contributed by atoms with Gasteiger partial charge in [-0.1, -0.05) is 49.0 Å². The van der Waals surface area contributed by atoms with E-state index >= 15 is 0 Å². The summed E-state index contributed by atoms with van der Waals surface area (Å²) in [6.07, 6.45) is 7.72. The summed E-state index contributed by atoms with van der Waals surface area (Å²) in [5, 5.41) is 0.321. The second kappa shape index (κ2) is 10.6. The van der Waals surface area contributed by atoms with Crippen LogP contribution in [0.5, 0.6) is 0 Å². The lowest BCUT2D eigenvalue weighted by Crippen LogP contribution is -2.36. The Morgan fingerprint density at radius 3 is 2.62 bits per heavy atom. The molecule has 0 saturated carbocycles. The number of aliphatic imine (C=N–C) groups is 1. The maximum atomic E-state index is 12.9. The molecule has 1 fully saturated rings. The highest BCUT2D eigenvalue weighted by Gasteiger charge is 2.14. The van der Waals surface area contributed by atoms with Gasteiger partial charge in [-0.3, -0.25) is 9.79 Å². The Morgan fingerprint density at radius 1 is 1.21 bits per heavy atom. The Kier molecular flexibility index (Phi) is 7.42. The van der Waals surface area contributed by atoms with Gasteiger partial charge in [-0.05, 0) is 23.8 Å². The summed E-state index contributed by atoms with van der Waals surface area (Å²) in [6, 6.07) is 9.73. The Balaban J connectivity index is 1.54. The molecule has 1 aliphatic heterocycles. The number of fused-ring (bicyclic) bond motifs is 1. The molecule has 4 rings (SSSR count). The van der Waals surface area contributed by atoms with Crippen molar-refractivity contribution in [2.45, 2.75) is 0 Å². The van der Waals surface area contributed by atoms with E-state index in [1.54, 1.807) is 24.4 Å². The minimum Gasteiger partial charge on any atom is -0.378 e. The minimum atomic E-state index is -0.554. The molecule has 2 aromatic heterocycles. The zero-order valence-electron chi connectivity index (χ0n) is 18.4. The van der Waals surface area contributed by atoms with E-state index in [1.807, 2.05) is 24.3 Å². The van der Waals surface area contributed by atoms with Gasteiger partial charge in [-0.2, -0.15) is 0 Å². The molecule has 3 aromatic rings. The lowest BCUT2D eigenvalue weighted by molar-refractivity contribution is 0.122. The first-order valence-electron chi connectivity index (χ1n) is 10.6. The summed E-state index contributed by atoms with van der Waals surface area (Å²) in [5.74, 6) is 0. The van der Waals surface area contributed by atoms with Crippen LogP contribution in [0.3, 0.4) is 0 Å². The lowest BCUT2D eigenvalue weighted by Gasteiger charge is -2.28. The number of aromatic nitrogens is 2. The molecule has 0 bridgehead atoms. The molecule has 1 aromatic carbocycles. The largest absolute Gasteiger partial charge is 0.378 e. The molecule has 1 aliphatic rings. The first-order chi connectivity index (χ1) is 16.5. The van der Waals surface area contributed by atoms with Crippen LogP contribution in [0.1, 0.15) is 10.4 Å². The van der Waals surface area contributed by atoms with Crippen molar-refractivity contribution in [3.8, 4) is 0 Å². The van der Waals surface area contributed by atoms with Gasteiger partial charge >= 0.3 is 5.69 Å². The Hall–Kier alpha value is -3.46. The van der Waals surface area contributed by atoms with E-state index in [0.717, 1.165) is 42.1 Å². The molecule has 9 heteroatoms. The number of aromatic amines is 1. The van der Waals surface area contributed by atoms with E-state index in [2.05, 4.69) is 28.0 Å². The van der Waals surface area contributed by atoms with Gasteiger partial charge in [0.05, 0.1) is 18.7 Å². The number of benzene rings is 1. The Morgan fingerprint density at radius 2 is 1.94 bits per heavy atom. The van der Waals surface area contributed by atoms with Gasteiger partial charge in [0.15, 0.2) is 0 Å². The fourth-order valence-corrected chi connectivity index (χ4v) is 4.86. The van der Waals surface area contributed by atoms with E-state index in [1.165, 1.54) is 23.7 Å². The van der Waals surface area contributed by atoms with Gasteiger partial charge < -0.3 is 14.6 Å². The van der Waals surface area contributed by atoms with Crippen LogP contribution in [0.2, 0.25) is 0 Å². The standard InChI is InChI=1S/C25H23ClN4O3S/c1-3-4-20(17(2)26)22-15-21-23(34-22)24(31)30(25(32)28-21)10-9-27-16-18-5-7-19(8-6-18)29-11-13-33-14-12-29/h3-10,15-16H,1-2,11-14H2,(H,28,32)/b10-9+,20-4+,27-16?. The fourth-order valence-electron chi connectivity index (χ4n) is 3.54. The number of nitrogens with one attached hydrogen (secondary N) is 1. The molecule has 0 unspecified atom stereocenters. The first-order valence-corrected chi connectivity index (χ1v) is 11.8. The second-order valence-electron chi connectivity index (χ2n) is 7.45. The van der Waals surface area contributed by atoms with Gasteiger partial charge in [-0.15, -0.1) is 11.3 Å². The van der Waals surface area contributed by atoms with Crippen LogP contribution in [0.25, 0.3) is 22.0 Å². The van der Waals surface area contributed by atoms with Gasteiger partial charge in [0.25, 0.3) is 5.56 Å². The van der Waals surface area contributed by atoms with Crippen LogP contribution in [0, 0.1) is 0 Å². The predicted molar refractivity (Wildman–Crippen MR) is 142 cm³/mol. The number of thiophene rings is 1. The highest BCUT2D eigenvalue weighted by Crippen LogP contribution is 2.32. The van der Waals surface area contributed by atoms with E-state index in [4.69, 9.17) is 16.3 Å². The molecule has 1 N–H and O–H groups in total. The van der Waals surface area contributed by atoms with Gasteiger partial charge in [0, 0.05) is 52.9 Å². The number of H-pyrrole nitrogens is 1. The molecule has 7 nitrogen and oxygen atoms in total. The second-order valence-corrected chi connectivity index (χ2v) is 8.96. The number of halogens is 1. The molecule has 0 radical (unpaired) electrons. The van der Waals surface area contributed by atoms with E-state index in [9.17, 15) is 9.59 Å². The third-order valence-corrected chi connectivity index (χ3v) is 6.60. The normalized spacial score (nSPS) is 15.0. The van der Waals surface area contributed by atoms with Crippen molar-refractivity contribution in [2.75, 3.05) is 31.2 Å². The lowest BCUT2D eigenvalue weighted by atomic mass is 10.2. The number of ether oxygens (including phenoxy) is 1. The summed E-state index contributed by atoms with van der Waals surface area (Å²) in [7, 11) is 0. The van der Waals surface area contributed by atoms with Crippen molar-refractivity contribution < 1.29 is 4.74 Å². The number of anilines is 1. The molecule has 34 heavy (non-hydrogen) atoms. The van der Waals surface area contributed by atoms with E-state index in [0.29, 0.717) is 25.7 Å². The molecule has 0 aliphatic carbocycles. The first kappa shape index (κ1) is 23.7. The average molecular weight is 495 g/mol. The predicted octanol–water partition coefficient (Wildman–Crippen LogP) is 4.46. The maximum absolute atomic E-state index is 12.9. The molecule has 0 amide bonds. The number of rotatable bonds is 7. The Labute approximate surface area is 205 Å². The molecular formula is C25H23ClN4O3S. The third-order valence-electron chi connectivity index (χ3n) is 5.24. The summed E-state index contributed by atoms with van der Waals surface area (Å²) in [4.78, 5) is 35.3. The average Bonchev–Trinajstić information content (AvgIpc) is 3.26. The van der Waals surface area contributed by atoms with E-state index in [-0.39, 0.29) is 0 Å². The van der Waals surface area contributed by atoms with Gasteiger partial charge in [0.2, 0.25) is 0 Å². The molecular weight excluding hydrogens is 472 g/mol. The number of hydrogen-bond donors (Lipinski definition) is 1. The van der Waals surface area contributed by atoms with Crippen molar-refractivity contribution in [1.29, 1.82) is 0 Å².